The summed E-state index contributed by atoms with van der Waals surface area (Å²) in [5.41, 5.74) is 2.86. The summed E-state index contributed by atoms with van der Waals surface area (Å²) < 4.78 is 5.51. The van der Waals surface area contributed by atoms with Crippen LogP contribution in [0.5, 0.6) is 5.75 Å². The van der Waals surface area contributed by atoms with Gasteiger partial charge in [0, 0.05) is 18.1 Å². The number of aromatic hydroxyl groups is 1. The third-order valence-corrected chi connectivity index (χ3v) is 4.63. The Morgan fingerprint density at radius 1 is 0.871 bits per heavy atom. The molecule has 0 saturated heterocycles. The number of non-ortho nitro benzene ring substituents is 1. The van der Waals surface area contributed by atoms with Crippen molar-refractivity contribution in [2.24, 2.45) is 0 Å². The molecule has 8 heteroatoms. The minimum atomic E-state index is -0.657. The van der Waals surface area contributed by atoms with Gasteiger partial charge in [-0.05, 0) is 34.9 Å². The van der Waals surface area contributed by atoms with E-state index in [1.165, 1.54) is 12.1 Å². The van der Waals surface area contributed by atoms with Crippen molar-refractivity contribution in [1.29, 1.82) is 0 Å². The van der Waals surface area contributed by atoms with E-state index in [1.807, 2.05) is 48.6 Å². The Hall–Kier alpha value is -4.04. The van der Waals surface area contributed by atoms with Crippen molar-refractivity contribution >= 4 is 17.5 Å². The molecule has 0 aliphatic heterocycles. The van der Waals surface area contributed by atoms with Crippen molar-refractivity contribution in [2.75, 3.05) is 13.2 Å². The van der Waals surface area contributed by atoms with E-state index in [1.54, 1.807) is 12.1 Å². The van der Waals surface area contributed by atoms with Gasteiger partial charge in [-0.1, -0.05) is 48.6 Å². The molecule has 0 atom stereocenters. The van der Waals surface area contributed by atoms with E-state index in [2.05, 4.69) is 0 Å². The predicted octanol–water partition coefficient (Wildman–Crippen LogP) is 5.15. The van der Waals surface area contributed by atoms with Crippen LogP contribution in [-0.2, 0) is 11.2 Å². The second kappa shape index (κ2) is 10.1. The zero-order valence-corrected chi connectivity index (χ0v) is 16.5. The van der Waals surface area contributed by atoms with Gasteiger partial charge in [-0.25, -0.2) is 0 Å². The highest BCUT2D eigenvalue weighted by Crippen LogP contribution is 2.25. The molecule has 0 heterocycles. The maximum atomic E-state index is 11.1. The molecule has 3 aromatic carbocycles. The number of nitrogens with zero attached hydrogens (tertiary/aromatic N) is 2. The Balaban J connectivity index is 1.49. The Kier molecular flexibility index (Phi) is 7.08. The van der Waals surface area contributed by atoms with Gasteiger partial charge in [0.05, 0.1) is 29.1 Å². The van der Waals surface area contributed by atoms with E-state index in [-0.39, 0.29) is 30.2 Å². The summed E-state index contributed by atoms with van der Waals surface area (Å²) in [5, 5.41) is 31.3. The maximum absolute atomic E-state index is 11.1. The Morgan fingerprint density at radius 2 is 1.52 bits per heavy atom. The molecule has 8 nitrogen and oxygen atoms in total. The highest BCUT2D eigenvalue weighted by Gasteiger charge is 2.18. The topological polar surface area (TPSA) is 116 Å². The van der Waals surface area contributed by atoms with Gasteiger partial charge in [0.1, 0.15) is 5.75 Å². The van der Waals surface area contributed by atoms with Crippen LogP contribution in [0.3, 0.4) is 0 Å². The lowest BCUT2D eigenvalue weighted by molar-refractivity contribution is -0.394. The molecule has 3 aromatic rings. The number of benzene rings is 3. The van der Waals surface area contributed by atoms with Crippen molar-refractivity contribution in [2.45, 2.75) is 6.42 Å². The van der Waals surface area contributed by atoms with Crippen molar-refractivity contribution in [3.05, 3.63) is 104 Å². The SMILES string of the molecule is O=[N+]([O-])c1ccc(CCOC/C=C/c2ccc(-c3ccc(O)cc3)cc2)c([N+](=O)[O-])c1. The predicted molar refractivity (Wildman–Crippen MR) is 117 cm³/mol. The molecular formula is C23H20N2O6. The number of phenolic OH excluding ortho intramolecular Hbond substituents is 1. The first-order valence-electron chi connectivity index (χ1n) is 9.49. The Labute approximate surface area is 178 Å². The molecule has 0 radical (unpaired) electrons. The van der Waals surface area contributed by atoms with Gasteiger partial charge in [0.15, 0.2) is 0 Å². The standard InChI is InChI=1S/C23H20N2O6/c26-22-11-8-19(9-12-22)18-5-3-17(4-6-18)2-1-14-31-15-13-20-7-10-21(24(27)28)16-23(20)25(29)30/h1-12,16,26H,13-15H2/b2-1+. The van der Waals surface area contributed by atoms with E-state index < -0.39 is 9.85 Å². The number of hydrogen-bond acceptors (Lipinski definition) is 6. The number of nitro groups is 2. The van der Waals surface area contributed by atoms with Crippen LogP contribution in [-0.4, -0.2) is 28.2 Å². The van der Waals surface area contributed by atoms with Gasteiger partial charge in [-0.15, -0.1) is 0 Å². The van der Waals surface area contributed by atoms with Crippen LogP contribution in [0, 0.1) is 20.2 Å². The second-order valence-corrected chi connectivity index (χ2v) is 6.72. The first kappa shape index (κ1) is 21.7. The van der Waals surface area contributed by atoms with Crippen LogP contribution in [0.25, 0.3) is 17.2 Å². The summed E-state index contributed by atoms with van der Waals surface area (Å²) in [5.74, 6) is 0.228. The zero-order chi connectivity index (χ0) is 22.2. The molecule has 0 fully saturated rings. The number of hydrogen-bond donors (Lipinski definition) is 1. The number of rotatable bonds is 9. The van der Waals surface area contributed by atoms with E-state index >= 15 is 0 Å². The molecular weight excluding hydrogens is 400 g/mol. The molecule has 0 spiro atoms. The third kappa shape index (κ3) is 5.97. The number of ether oxygens (including phenoxy) is 1. The van der Waals surface area contributed by atoms with Crippen molar-refractivity contribution in [3.8, 4) is 16.9 Å². The molecule has 0 amide bonds. The average molecular weight is 420 g/mol. The van der Waals surface area contributed by atoms with E-state index in [0.717, 1.165) is 22.8 Å². The van der Waals surface area contributed by atoms with Crippen LogP contribution >= 0.6 is 0 Å². The maximum Gasteiger partial charge on any atom is 0.279 e. The van der Waals surface area contributed by atoms with Crippen LogP contribution in [0.15, 0.2) is 72.8 Å². The summed E-state index contributed by atoms with van der Waals surface area (Å²) in [6.45, 7) is 0.587. The summed E-state index contributed by atoms with van der Waals surface area (Å²) in [6, 6.07) is 18.5. The fourth-order valence-corrected chi connectivity index (χ4v) is 3.01. The van der Waals surface area contributed by atoms with Gasteiger partial charge >= 0.3 is 0 Å². The molecule has 31 heavy (non-hydrogen) atoms. The van der Waals surface area contributed by atoms with Gasteiger partial charge in [-0.3, -0.25) is 20.2 Å². The van der Waals surface area contributed by atoms with Crippen LogP contribution in [0.4, 0.5) is 11.4 Å². The number of phenols is 1. The van der Waals surface area contributed by atoms with Gasteiger partial charge in [0.25, 0.3) is 11.4 Å². The molecule has 0 aliphatic rings. The van der Waals surface area contributed by atoms with E-state index in [9.17, 15) is 25.3 Å². The molecule has 3 rings (SSSR count). The molecule has 0 saturated carbocycles. The highest BCUT2D eigenvalue weighted by molar-refractivity contribution is 5.66. The van der Waals surface area contributed by atoms with E-state index in [0.29, 0.717) is 12.2 Å². The Morgan fingerprint density at radius 3 is 2.13 bits per heavy atom. The molecule has 0 aliphatic carbocycles. The third-order valence-electron chi connectivity index (χ3n) is 4.63. The van der Waals surface area contributed by atoms with Crippen molar-refractivity contribution in [3.63, 3.8) is 0 Å². The molecule has 0 bridgehead atoms. The smallest absolute Gasteiger partial charge is 0.279 e. The monoisotopic (exact) mass is 420 g/mol. The summed E-state index contributed by atoms with van der Waals surface area (Å²) in [7, 11) is 0. The minimum absolute atomic E-state index is 0.228. The molecule has 0 unspecified atom stereocenters. The summed E-state index contributed by atoms with van der Waals surface area (Å²) in [4.78, 5) is 20.6. The van der Waals surface area contributed by atoms with Gasteiger partial charge in [0.2, 0.25) is 0 Å². The molecule has 0 aromatic heterocycles. The van der Waals surface area contributed by atoms with Crippen LogP contribution in [0.2, 0.25) is 0 Å². The quantitative estimate of drug-likeness (QED) is 0.291. The highest BCUT2D eigenvalue weighted by atomic mass is 16.6. The lowest BCUT2D eigenvalue weighted by Gasteiger charge is -2.04. The largest absolute Gasteiger partial charge is 0.508 e. The second-order valence-electron chi connectivity index (χ2n) is 6.72. The Bertz CT molecular complexity index is 1090. The van der Waals surface area contributed by atoms with Gasteiger partial charge < -0.3 is 9.84 Å². The summed E-state index contributed by atoms with van der Waals surface area (Å²) >= 11 is 0. The summed E-state index contributed by atoms with van der Waals surface area (Å²) in [6.07, 6.45) is 4.04. The molecule has 1 N–H and O–H groups in total. The lowest BCUT2D eigenvalue weighted by Crippen LogP contribution is -2.03. The van der Waals surface area contributed by atoms with Gasteiger partial charge in [-0.2, -0.15) is 0 Å². The zero-order valence-electron chi connectivity index (χ0n) is 16.5. The number of nitro benzene ring substituents is 2. The van der Waals surface area contributed by atoms with Crippen LogP contribution in [0.1, 0.15) is 11.1 Å². The first-order chi connectivity index (χ1) is 14.9. The van der Waals surface area contributed by atoms with Crippen LogP contribution < -0.4 is 0 Å². The van der Waals surface area contributed by atoms with Crippen molar-refractivity contribution in [1.82, 2.24) is 0 Å². The fraction of sp³-hybridized carbons (Fsp3) is 0.130. The van der Waals surface area contributed by atoms with E-state index in [4.69, 9.17) is 4.74 Å². The minimum Gasteiger partial charge on any atom is -0.508 e. The molecule has 158 valence electrons. The lowest BCUT2D eigenvalue weighted by atomic mass is 10.0. The fourth-order valence-electron chi connectivity index (χ4n) is 3.01. The normalized spacial score (nSPS) is 11.0. The van der Waals surface area contributed by atoms with Crippen molar-refractivity contribution < 1.29 is 19.7 Å². The average Bonchev–Trinajstić information content (AvgIpc) is 2.77. The first-order valence-corrected chi connectivity index (χ1v) is 9.49.